The second kappa shape index (κ2) is 10.4. The molecule has 0 saturated carbocycles. The van der Waals surface area contributed by atoms with Gasteiger partial charge in [-0.05, 0) is 25.4 Å². The Labute approximate surface area is 181 Å². The maximum absolute atomic E-state index is 6.32. The predicted molar refractivity (Wildman–Crippen MR) is 116 cm³/mol. The summed E-state index contributed by atoms with van der Waals surface area (Å²) in [6, 6.07) is 1.73. The Hall–Kier alpha value is 0.464. The van der Waals surface area contributed by atoms with Crippen molar-refractivity contribution in [3.8, 4) is 0 Å². The number of hydrogen-bond donors (Lipinski definition) is 0. The Morgan fingerprint density at radius 2 is 1.07 bits per heavy atom. The zero-order chi connectivity index (χ0) is 20.2. The first-order chi connectivity index (χ1) is 14.1. The van der Waals surface area contributed by atoms with Gasteiger partial charge in [-0.25, -0.2) is 0 Å². The van der Waals surface area contributed by atoms with Crippen LogP contribution in [0.1, 0.15) is 13.8 Å². The average molecular weight is 465 g/mol. The second-order valence-corrected chi connectivity index (χ2v) is 14.9. The van der Waals surface area contributed by atoms with Gasteiger partial charge in [-0.1, -0.05) is 0 Å². The molecule has 0 aliphatic carbocycles. The maximum atomic E-state index is 6.32. The number of hydrogen-bond acceptors (Lipinski definition) is 9. The summed E-state index contributed by atoms with van der Waals surface area (Å²) in [5.74, 6) is 1.94. The molecule has 0 spiro atoms. The Morgan fingerprint density at radius 1 is 0.690 bits per heavy atom. The summed E-state index contributed by atoms with van der Waals surface area (Å²) in [5.41, 5.74) is 0. The van der Waals surface area contributed by atoms with Crippen molar-refractivity contribution in [1.29, 1.82) is 0 Å². The first kappa shape index (κ1) is 22.7. The van der Waals surface area contributed by atoms with Crippen LogP contribution in [0.2, 0.25) is 12.1 Å². The highest BCUT2D eigenvalue weighted by molar-refractivity contribution is 7.99. The highest BCUT2D eigenvalue weighted by atomic mass is 32.2. The van der Waals surface area contributed by atoms with Crippen LogP contribution in [0.5, 0.6) is 0 Å². The summed E-state index contributed by atoms with van der Waals surface area (Å²) in [6.07, 6.45) is 0.333. The van der Waals surface area contributed by atoms with Crippen LogP contribution < -0.4 is 0 Å². The van der Waals surface area contributed by atoms with Crippen molar-refractivity contribution >= 4 is 29.4 Å². The normalized spacial score (nSPS) is 43.7. The van der Waals surface area contributed by atoms with Crippen molar-refractivity contribution < 1.29 is 26.6 Å². The van der Waals surface area contributed by atoms with Gasteiger partial charge in [0.15, 0.2) is 0 Å². The van der Waals surface area contributed by atoms with Gasteiger partial charge in [0, 0.05) is 51.4 Å². The van der Waals surface area contributed by atoms with E-state index >= 15 is 0 Å². The zero-order valence-corrected chi connectivity index (χ0v) is 20.6. The monoisotopic (exact) mass is 464 g/mol. The molecule has 11 heteroatoms. The minimum Gasteiger partial charge on any atom is -0.372 e. The fourth-order valence-electron chi connectivity index (χ4n) is 4.45. The van der Waals surface area contributed by atoms with Gasteiger partial charge in [-0.2, -0.15) is 11.8 Å². The van der Waals surface area contributed by atoms with E-state index in [4.69, 9.17) is 26.6 Å². The van der Waals surface area contributed by atoms with Crippen LogP contribution in [-0.2, 0) is 26.6 Å². The Kier molecular flexibility index (Phi) is 8.11. The Morgan fingerprint density at radius 3 is 1.45 bits per heavy atom. The van der Waals surface area contributed by atoms with E-state index in [0.717, 1.165) is 62.9 Å². The van der Waals surface area contributed by atoms with Crippen molar-refractivity contribution in [2.45, 2.75) is 38.1 Å². The predicted octanol–water partition coefficient (Wildman–Crippen LogP) is 1.13. The molecule has 6 aliphatic rings. The van der Waals surface area contributed by atoms with Crippen molar-refractivity contribution in [2.24, 2.45) is 0 Å². The third-order valence-electron chi connectivity index (χ3n) is 5.82. The lowest BCUT2D eigenvalue weighted by Crippen LogP contribution is -2.57. The molecule has 8 nitrogen and oxygen atoms in total. The van der Waals surface area contributed by atoms with Gasteiger partial charge < -0.3 is 26.6 Å². The first-order valence-electron chi connectivity index (χ1n) is 11.0. The third-order valence-corrected chi connectivity index (χ3v) is 13.3. The van der Waals surface area contributed by atoms with Crippen LogP contribution >= 0.6 is 11.8 Å². The van der Waals surface area contributed by atoms with E-state index in [0.29, 0.717) is 26.4 Å². The standard InChI is InChI=1S/C18H36N2O6SSi2/c1-17-15-19-3-7-21-28(25-17,22-8-4-19)13-11-27-12-14-29-23-9-5-20(6-10-24-29)16-18(2)26-29/h17-18H,3-16H2,1-2H3/t17-,18-/m0/s1. The van der Waals surface area contributed by atoms with Crippen molar-refractivity contribution in [1.82, 2.24) is 9.80 Å². The van der Waals surface area contributed by atoms with E-state index in [2.05, 4.69) is 23.6 Å². The van der Waals surface area contributed by atoms with Gasteiger partial charge in [0.05, 0.1) is 38.6 Å². The minimum atomic E-state index is -2.57. The highest BCUT2D eigenvalue weighted by Gasteiger charge is 2.47. The minimum absolute atomic E-state index is 0.166. The topological polar surface area (TPSA) is 61.9 Å². The summed E-state index contributed by atoms with van der Waals surface area (Å²) in [4.78, 5) is 4.73. The zero-order valence-electron chi connectivity index (χ0n) is 17.8. The first-order valence-corrected chi connectivity index (χ1v) is 16.0. The van der Waals surface area contributed by atoms with Gasteiger partial charge in [0.2, 0.25) is 0 Å². The molecule has 6 heterocycles. The molecule has 0 unspecified atom stereocenters. The van der Waals surface area contributed by atoms with E-state index in [-0.39, 0.29) is 12.2 Å². The van der Waals surface area contributed by atoms with Crippen LogP contribution in [0.15, 0.2) is 0 Å². The lowest BCUT2D eigenvalue weighted by Gasteiger charge is -2.41. The molecule has 6 saturated heterocycles. The van der Waals surface area contributed by atoms with Crippen LogP contribution in [0, 0.1) is 0 Å². The maximum Gasteiger partial charge on any atom is 0.502 e. The molecule has 0 aromatic rings. The molecule has 0 aromatic carbocycles. The molecule has 0 radical (unpaired) electrons. The van der Waals surface area contributed by atoms with Gasteiger partial charge >= 0.3 is 17.6 Å². The van der Waals surface area contributed by atoms with E-state index in [9.17, 15) is 0 Å². The van der Waals surface area contributed by atoms with Gasteiger partial charge in [0.25, 0.3) is 0 Å². The van der Waals surface area contributed by atoms with Crippen molar-refractivity contribution in [3.63, 3.8) is 0 Å². The molecule has 0 amide bonds. The largest absolute Gasteiger partial charge is 0.502 e. The highest BCUT2D eigenvalue weighted by Crippen LogP contribution is 2.28. The SMILES string of the molecule is C[C@H]1CN2CCO[Si](CCSCC[Si]34OCCN(CCO3)C[C@H](C)O4)(OCC2)O1. The summed E-state index contributed by atoms with van der Waals surface area (Å²) >= 11 is 1.91. The molecular weight excluding hydrogens is 428 g/mol. The number of thioether (sulfide) groups is 1. The quantitative estimate of drug-likeness (QED) is 0.425. The summed E-state index contributed by atoms with van der Waals surface area (Å²) in [7, 11) is -5.14. The van der Waals surface area contributed by atoms with Crippen molar-refractivity contribution in [3.05, 3.63) is 0 Å². The molecule has 29 heavy (non-hydrogen) atoms. The molecule has 4 bridgehead atoms. The van der Waals surface area contributed by atoms with Gasteiger partial charge in [-0.3, -0.25) is 9.80 Å². The molecule has 6 aliphatic heterocycles. The van der Waals surface area contributed by atoms with Crippen LogP contribution in [0.25, 0.3) is 0 Å². The number of rotatable bonds is 6. The number of nitrogens with zero attached hydrogens (tertiary/aromatic N) is 2. The molecule has 168 valence electrons. The lowest BCUT2D eigenvalue weighted by atomic mass is 10.3. The van der Waals surface area contributed by atoms with E-state index in [1.54, 1.807) is 0 Å². The number of fused-ring (bicyclic) bond motifs is 12. The third kappa shape index (κ3) is 6.25. The fraction of sp³-hybridized carbons (Fsp3) is 1.00. The smallest absolute Gasteiger partial charge is 0.372 e. The Balaban J connectivity index is 1.26. The van der Waals surface area contributed by atoms with E-state index in [1.807, 2.05) is 11.8 Å². The van der Waals surface area contributed by atoms with Crippen LogP contribution in [0.4, 0.5) is 0 Å². The summed E-state index contributed by atoms with van der Waals surface area (Å²) in [5, 5.41) is 0. The molecule has 0 N–H and O–H groups in total. The second-order valence-electron chi connectivity index (χ2n) is 8.33. The van der Waals surface area contributed by atoms with E-state index in [1.165, 1.54) is 0 Å². The van der Waals surface area contributed by atoms with Gasteiger partial charge in [0.1, 0.15) is 0 Å². The fourth-order valence-corrected chi connectivity index (χ4v) is 12.0. The van der Waals surface area contributed by atoms with E-state index < -0.39 is 17.6 Å². The van der Waals surface area contributed by atoms with Crippen LogP contribution in [-0.4, -0.2) is 117 Å². The molecule has 6 rings (SSSR count). The molecule has 2 atom stereocenters. The molecule has 6 fully saturated rings. The average Bonchev–Trinajstić information content (AvgIpc) is 2.59. The molecule has 0 aromatic heterocycles. The van der Waals surface area contributed by atoms with Crippen molar-refractivity contribution in [2.75, 3.05) is 77.2 Å². The Bertz CT molecular complexity index is 473. The summed E-state index contributed by atoms with van der Waals surface area (Å²) in [6.45, 7) is 13.0. The van der Waals surface area contributed by atoms with Crippen LogP contribution in [0.3, 0.4) is 0 Å². The van der Waals surface area contributed by atoms with Gasteiger partial charge in [-0.15, -0.1) is 0 Å². The lowest BCUT2D eigenvalue weighted by molar-refractivity contribution is -0.0350. The summed E-state index contributed by atoms with van der Waals surface area (Å²) < 4.78 is 37.4. The molecular formula is C18H36N2O6SSi2.